The number of allylic oxidation sites excluding steroid dienone is 1. The van der Waals surface area contributed by atoms with Crippen molar-refractivity contribution in [3.05, 3.63) is 92.3 Å². The van der Waals surface area contributed by atoms with Crippen LogP contribution in [0.1, 0.15) is 45.5 Å². The van der Waals surface area contributed by atoms with E-state index in [1.54, 1.807) is 24.3 Å². The number of amides is 1. The highest BCUT2D eigenvalue weighted by molar-refractivity contribution is 7.16. The molecule has 1 aliphatic rings. The van der Waals surface area contributed by atoms with E-state index in [2.05, 4.69) is 18.0 Å². The van der Waals surface area contributed by atoms with E-state index in [-0.39, 0.29) is 5.57 Å². The van der Waals surface area contributed by atoms with Crippen LogP contribution in [0.25, 0.3) is 6.08 Å². The van der Waals surface area contributed by atoms with Crippen molar-refractivity contribution >= 4 is 39.9 Å². The lowest BCUT2D eigenvalue weighted by Crippen LogP contribution is -2.13. The number of nitrogens with zero attached hydrogens (tertiary/aromatic N) is 2. The van der Waals surface area contributed by atoms with Crippen LogP contribution in [0.5, 0.6) is 11.5 Å². The van der Waals surface area contributed by atoms with Crippen molar-refractivity contribution in [2.24, 2.45) is 0 Å². The van der Waals surface area contributed by atoms with Crippen LogP contribution in [0.2, 0.25) is 5.02 Å². The zero-order chi connectivity index (χ0) is 27.1. The van der Waals surface area contributed by atoms with Crippen LogP contribution in [0.15, 0.2) is 54.6 Å². The van der Waals surface area contributed by atoms with Gasteiger partial charge in [-0.05, 0) is 79.1 Å². The second-order valence-corrected chi connectivity index (χ2v) is 10.3. The monoisotopic (exact) mass is 543 g/mol. The van der Waals surface area contributed by atoms with Crippen molar-refractivity contribution in [2.45, 2.75) is 38.7 Å². The van der Waals surface area contributed by atoms with E-state index < -0.39 is 5.91 Å². The number of carbonyl (C=O) groups is 1. The molecule has 0 aliphatic heterocycles. The van der Waals surface area contributed by atoms with Crippen molar-refractivity contribution in [1.29, 1.82) is 10.5 Å². The topological polar surface area (TPSA) is 95.1 Å². The molecule has 1 aromatic heterocycles. The molecule has 1 heterocycles. The van der Waals surface area contributed by atoms with Gasteiger partial charge in [0.2, 0.25) is 0 Å². The van der Waals surface area contributed by atoms with Gasteiger partial charge in [-0.15, -0.1) is 17.9 Å². The quantitative estimate of drug-likeness (QED) is 0.178. The molecule has 1 aliphatic carbocycles. The summed E-state index contributed by atoms with van der Waals surface area (Å²) in [7, 11) is 1.54. The fourth-order valence-corrected chi connectivity index (χ4v) is 5.74. The molecule has 192 valence electrons. The first-order valence-electron chi connectivity index (χ1n) is 12.1. The molecular formula is C30H26ClN3O3S. The number of thiophene rings is 1. The molecule has 4 rings (SSSR count). The molecule has 8 heteroatoms. The minimum Gasteiger partial charge on any atom is -0.493 e. The van der Waals surface area contributed by atoms with Gasteiger partial charge < -0.3 is 14.8 Å². The fourth-order valence-electron chi connectivity index (χ4n) is 4.38. The van der Waals surface area contributed by atoms with Crippen molar-refractivity contribution < 1.29 is 14.3 Å². The van der Waals surface area contributed by atoms with E-state index >= 15 is 0 Å². The van der Waals surface area contributed by atoms with Crippen LogP contribution in [0, 0.1) is 22.7 Å². The number of hydrogen-bond acceptors (Lipinski definition) is 6. The number of benzene rings is 2. The lowest BCUT2D eigenvalue weighted by molar-refractivity contribution is -0.112. The molecule has 0 atom stereocenters. The number of hydrogen-bond donors (Lipinski definition) is 1. The average molecular weight is 544 g/mol. The van der Waals surface area contributed by atoms with Gasteiger partial charge in [0.05, 0.1) is 12.7 Å². The Bertz CT molecular complexity index is 1480. The van der Waals surface area contributed by atoms with Gasteiger partial charge in [0.15, 0.2) is 11.5 Å². The summed E-state index contributed by atoms with van der Waals surface area (Å²) >= 11 is 7.40. The van der Waals surface area contributed by atoms with Gasteiger partial charge in [0.1, 0.15) is 29.3 Å². The zero-order valence-electron chi connectivity index (χ0n) is 21.0. The summed E-state index contributed by atoms with van der Waals surface area (Å²) in [4.78, 5) is 14.2. The Hall–Kier alpha value is -4.04. The Kier molecular flexibility index (Phi) is 8.86. The Morgan fingerprint density at radius 1 is 1.21 bits per heavy atom. The molecule has 0 saturated heterocycles. The van der Waals surface area contributed by atoms with Crippen LogP contribution in [0.4, 0.5) is 5.00 Å². The Labute approximate surface area is 231 Å². The summed E-state index contributed by atoms with van der Waals surface area (Å²) < 4.78 is 11.7. The van der Waals surface area contributed by atoms with Gasteiger partial charge in [0.25, 0.3) is 5.91 Å². The molecule has 0 spiro atoms. The molecule has 0 bridgehead atoms. The van der Waals surface area contributed by atoms with E-state index in [0.717, 1.165) is 47.3 Å². The normalized spacial score (nSPS) is 12.6. The van der Waals surface area contributed by atoms with Crippen LogP contribution < -0.4 is 14.8 Å². The lowest BCUT2D eigenvalue weighted by Gasteiger charge is -2.16. The number of halogens is 1. The van der Waals surface area contributed by atoms with Crippen LogP contribution in [-0.2, 0) is 30.7 Å². The smallest absolute Gasteiger partial charge is 0.266 e. The second kappa shape index (κ2) is 12.5. The number of nitriles is 2. The minimum atomic E-state index is -0.560. The van der Waals surface area contributed by atoms with Gasteiger partial charge in [-0.2, -0.15) is 10.5 Å². The van der Waals surface area contributed by atoms with Crippen LogP contribution in [-0.4, -0.2) is 13.0 Å². The molecule has 38 heavy (non-hydrogen) atoms. The molecule has 1 amide bonds. The number of fused-ring (bicyclic) bond motifs is 1. The molecule has 0 unspecified atom stereocenters. The third-order valence-corrected chi connectivity index (χ3v) is 7.68. The van der Waals surface area contributed by atoms with Crippen LogP contribution >= 0.6 is 22.9 Å². The summed E-state index contributed by atoms with van der Waals surface area (Å²) in [5.74, 6) is 0.472. The number of anilines is 1. The van der Waals surface area contributed by atoms with Crippen molar-refractivity contribution in [2.75, 3.05) is 12.4 Å². The lowest BCUT2D eigenvalue weighted by atomic mass is 9.96. The Morgan fingerprint density at radius 2 is 1.97 bits per heavy atom. The third-order valence-electron chi connectivity index (χ3n) is 6.22. The SMILES string of the molecule is C=CCc1cc(/C=C(\C#N)C(=O)Nc2sc3c(c2C#N)CCCC3)cc(OC)c1OCc1ccc(Cl)cc1. The standard InChI is InChI=1S/C30H26ClN3O3S/c1-3-6-21-13-20(15-26(36-2)28(21)37-18-19-9-11-23(31)12-10-19)14-22(16-32)29(35)34-30-25(17-33)24-7-4-5-8-27(24)38-30/h3,9-15H,1,4-8,18H2,2H3,(H,34,35)/b22-14+. The highest BCUT2D eigenvalue weighted by Gasteiger charge is 2.23. The number of carbonyl (C=O) groups excluding carboxylic acids is 1. The summed E-state index contributed by atoms with van der Waals surface area (Å²) in [6.07, 6.45) is 7.60. The van der Waals surface area contributed by atoms with Crippen molar-refractivity contribution in [3.8, 4) is 23.6 Å². The molecule has 3 aromatic rings. The first-order valence-corrected chi connectivity index (χ1v) is 13.3. The maximum atomic E-state index is 13.1. The van der Waals surface area contributed by atoms with Gasteiger partial charge in [-0.1, -0.05) is 29.8 Å². The van der Waals surface area contributed by atoms with E-state index in [1.165, 1.54) is 24.5 Å². The average Bonchev–Trinajstić information content (AvgIpc) is 3.28. The van der Waals surface area contributed by atoms with E-state index in [1.807, 2.05) is 24.3 Å². The highest BCUT2D eigenvalue weighted by atomic mass is 35.5. The number of methoxy groups -OCH3 is 1. The zero-order valence-corrected chi connectivity index (χ0v) is 22.5. The fraction of sp³-hybridized carbons (Fsp3) is 0.233. The molecule has 0 fully saturated rings. The predicted molar refractivity (Wildman–Crippen MR) is 151 cm³/mol. The molecular weight excluding hydrogens is 518 g/mol. The number of rotatable bonds is 9. The summed E-state index contributed by atoms with van der Waals surface area (Å²) in [6, 6.07) is 15.2. The largest absolute Gasteiger partial charge is 0.493 e. The van der Waals surface area contributed by atoms with Gasteiger partial charge >= 0.3 is 0 Å². The third kappa shape index (κ3) is 6.08. The van der Waals surface area contributed by atoms with E-state index in [0.29, 0.717) is 45.7 Å². The highest BCUT2D eigenvalue weighted by Crippen LogP contribution is 2.38. The first kappa shape index (κ1) is 27.0. The number of nitrogens with one attached hydrogen (secondary N) is 1. The van der Waals surface area contributed by atoms with Crippen LogP contribution in [0.3, 0.4) is 0 Å². The molecule has 2 aromatic carbocycles. The molecule has 0 saturated carbocycles. The summed E-state index contributed by atoms with van der Waals surface area (Å²) in [5.41, 5.74) is 3.80. The summed E-state index contributed by atoms with van der Waals surface area (Å²) in [5, 5.41) is 23.4. The maximum Gasteiger partial charge on any atom is 0.266 e. The summed E-state index contributed by atoms with van der Waals surface area (Å²) in [6.45, 7) is 4.15. The maximum absolute atomic E-state index is 13.1. The minimum absolute atomic E-state index is 0.0818. The Balaban J connectivity index is 1.61. The molecule has 0 radical (unpaired) electrons. The van der Waals surface area contributed by atoms with Gasteiger partial charge in [-0.25, -0.2) is 0 Å². The van der Waals surface area contributed by atoms with E-state index in [9.17, 15) is 15.3 Å². The van der Waals surface area contributed by atoms with E-state index in [4.69, 9.17) is 21.1 Å². The first-order chi connectivity index (χ1) is 18.5. The van der Waals surface area contributed by atoms with Gasteiger partial charge in [0, 0.05) is 15.5 Å². The Morgan fingerprint density at radius 3 is 2.66 bits per heavy atom. The van der Waals surface area contributed by atoms with Crippen molar-refractivity contribution in [1.82, 2.24) is 0 Å². The van der Waals surface area contributed by atoms with Gasteiger partial charge in [-0.3, -0.25) is 4.79 Å². The number of aryl methyl sites for hydroxylation is 1. The molecule has 1 N–H and O–H groups in total. The van der Waals surface area contributed by atoms with Crippen molar-refractivity contribution in [3.63, 3.8) is 0 Å². The molecule has 6 nitrogen and oxygen atoms in total. The second-order valence-electron chi connectivity index (χ2n) is 8.77. The number of ether oxygens (including phenoxy) is 2. The predicted octanol–water partition coefficient (Wildman–Crippen LogP) is 7.01.